The average Bonchev–Trinajstić information content (AvgIpc) is 2.80. The summed E-state index contributed by atoms with van der Waals surface area (Å²) in [6, 6.07) is 10.3. The van der Waals surface area contributed by atoms with Crippen LogP contribution in [0.5, 0.6) is 5.75 Å². The minimum atomic E-state index is 0.227. The third-order valence-corrected chi connectivity index (χ3v) is 3.00. The van der Waals surface area contributed by atoms with Crippen molar-refractivity contribution < 1.29 is 4.74 Å². The van der Waals surface area contributed by atoms with E-state index in [4.69, 9.17) is 4.74 Å². The van der Waals surface area contributed by atoms with Crippen molar-refractivity contribution in [1.82, 2.24) is 0 Å². The van der Waals surface area contributed by atoms with Gasteiger partial charge in [0.2, 0.25) is 0 Å². The van der Waals surface area contributed by atoms with Gasteiger partial charge in [-0.2, -0.15) is 11.3 Å². The smallest absolute Gasteiger partial charge is 0.119 e. The molecule has 2 aromatic rings. The lowest BCUT2D eigenvalue weighted by Crippen LogP contribution is -2.05. The van der Waals surface area contributed by atoms with Gasteiger partial charge in [0.1, 0.15) is 5.75 Å². The van der Waals surface area contributed by atoms with Crippen molar-refractivity contribution >= 4 is 17.0 Å². The molecule has 0 aliphatic carbocycles. The molecule has 0 aliphatic rings. The molecule has 0 amide bonds. The topological polar surface area (TPSA) is 21.3 Å². The maximum atomic E-state index is 5.60. The Morgan fingerprint density at radius 1 is 1.18 bits per heavy atom. The third kappa shape index (κ3) is 3.79. The lowest BCUT2D eigenvalue weighted by atomic mass is 10.2. The highest BCUT2D eigenvalue weighted by molar-refractivity contribution is 7.08. The summed E-state index contributed by atoms with van der Waals surface area (Å²) in [5, 5.41) is 7.55. The summed E-state index contributed by atoms with van der Waals surface area (Å²) in [6.07, 6.45) is 0.227. The molecule has 1 aromatic carbocycles. The molecular weight excluding hydrogens is 230 g/mol. The first kappa shape index (κ1) is 12.0. The van der Waals surface area contributed by atoms with Crippen LogP contribution in [0, 0.1) is 0 Å². The fourth-order valence-electron chi connectivity index (χ4n) is 1.53. The fourth-order valence-corrected chi connectivity index (χ4v) is 2.14. The van der Waals surface area contributed by atoms with Crippen LogP contribution in [0.4, 0.5) is 5.69 Å². The number of ether oxygens (including phenoxy) is 1. The molecule has 17 heavy (non-hydrogen) atoms. The Morgan fingerprint density at radius 2 is 1.94 bits per heavy atom. The zero-order valence-corrected chi connectivity index (χ0v) is 11.0. The normalized spacial score (nSPS) is 10.5. The van der Waals surface area contributed by atoms with Crippen LogP contribution in [0.3, 0.4) is 0 Å². The van der Waals surface area contributed by atoms with Crippen molar-refractivity contribution in [3.8, 4) is 5.75 Å². The summed E-state index contributed by atoms with van der Waals surface area (Å²) >= 11 is 1.70. The molecule has 0 saturated heterocycles. The Morgan fingerprint density at radius 3 is 2.53 bits per heavy atom. The van der Waals surface area contributed by atoms with Gasteiger partial charge in [-0.15, -0.1) is 0 Å². The molecule has 0 radical (unpaired) electrons. The first-order valence-electron chi connectivity index (χ1n) is 5.76. The number of hydrogen-bond acceptors (Lipinski definition) is 3. The lowest BCUT2D eigenvalue weighted by molar-refractivity contribution is 0.242. The zero-order valence-electron chi connectivity index (χ0n) is 10.1. The molecule has 1 N–H and O–H groups in total. The number of anilines is 1. The predicted octanol–water partition coefficient (Wildman–Crippen LogP) is 4.15. The van der Waals surface area contributed by atoms with Crippen molar-refractivity contribution in [3.63, 3.8) is 0 Å². The maximum absolute atomic E-state index is 5.60. The maximum Gasteiger partial charge on any atom is 0.119 e. The van der Waals surface area contributed by atoms with Gasteiger partial charge in [0.25, 0.3) is 0 Å². The van der Waals surface area contributed by atoms with Crippen LogP contribution in [0.2, 0.25) is 0 Å². The zero-order chi connectivity index (χ0) is 12.1. The van der Waals surface area contributed by atoms with Gasteiger partial charge in [0, 0.05) is 17.6 Å². The Balaban J connectivity index is 1.89. The standard InChI is InChI=1S/C14H17NOS/c1-11(2)16-14-5-3-12(4-6-14)9-15-13-7-8-17-10-13/h3-8,10-11,15H,9H2,1-2H3. The number of benzene rings is 1. The van der Waals surface area contributed by atoms with E-state index in [0.29, 0.717) is 0 Å². The van der Waals surface area contributed by atoms with Crippen LogP contribution < -0.4 is 10.1 Å². The second-order valence-corrected chi connectivity index (χ2v) is 4.96. The number of nitrogens with one attached hydrogen (secondary N) is 1. The van der Waals surface area contributed by atoms with E-state index in [-0.39, 0.29) is 6.10 Å². The average molecular weight is 247 g/mol. The van der Waals surface area contributed by atoms with Gasteiger partial charge < -0.3 is 10.1 Å². The second kappa shape index (κ2) is 5.73. The van der Waals surface area contributed by atoms with E-state index >= 15 is 0 Å². The Bertz CT molecular complexity index is 434. The fraction of sp³-hybridized carbons (Fsp3) is 0.286. The molecule has 0 spiro atoms. The Hall–Kier alpha value is -1.48. The van der Waals surface area contributed by atoms with Gasteiger partial charge in [0.15, 0.2) is 0 Å². The molecule has 0 unspecified atom stereocenters. The molecule has 2 nitrogen and oxygen atoms in total. The van der Waals surface area contributed by atoms with Crippen molar-refractivity contribution in [2.75, 3.05) is 5.32 Å². The SMILES string of the molecule is CC(C)Oc1ccc(CNc2ccsc2)cc1. The molecule has 3 heteroatoms. The first-order chi connectivity index (χ1) is 8.24. The van der Waals surface area contributed by atoms with E-state index in [2.05, 4.69) is 34.3 Å². The van der Waals surface area contributed by atoms with Crippen molar-refractivity contribution in [2.24, 2.45) is 0 Å². The first-order valence-corrected chi connectivity index (χ1v) is 6.70. The van der Waals surface area contributed by atoms with E-state index < -0.39 is 0 Å². The van der Waals surface area contributed by atoms with Gasteiger partial charge in [-0.25, -0.2) is 0 Å². The molecular formula is C14H17NOS. The largest absolute Gasteiger partial charge is 0.491 e. The Labute approximate surface area is 106 Å². The molecule has 0 atom stereocenters. The van der Waals surface area contributed by atoms with Crippen LogP contribution in [-0.4, -0.2) is 6.10 Å². The summed E-state index contributed by atoms with van der Waals surface area (Å²) in [5.41, 5.74) is 2.44. The summed E-state index contributed by atoms with van der Waals surface area (Å²) in [6.45, 7) is 4.91. The quantitative estimate of drug-likeness (QED) is 0.857. The molecule has 1 heterocycles. The minimum Gasteiger partial charge on any atom is -0.491 e. The van der Waals surface area contributed by atoms with Gasteiger partial charge in [-0.05, 0) is 43.0 Å². The summed E-state index contributed by atoms with van der Waals surface area (Å²) < 4.78 is 5.60. The van der Waals surface area contributed by atoms with Crippen LogP contribution in [-0.2, 0) is 6.54 Å². The van der Waals surface area contributed by atoms with Crippen LogP contribution >= 0.6 is 11.3 Å². The van der Waals surface area contributed by atoms with Crippen LogP contribution in [0.1, 0.15) is 19.4 Å². The van der Waals surface area contributed by atoms with Crippen molar-refractivity contribution in [3.05, 3.63) is 46.7 Å². The predicted molar refractivity (Wildman–Crippen MR) is 73.9 cm³/mol. The van der Waals surface area contributed by atoms with E-state index in [1.54, 1.807) is 11.3 Å². The van der Waals surface area contributed by atoms with Crippen LogP contribution in [0.15, 0.2) is 41.1 Å². The Kier molecular flexibility index (Phi) is 4.04. The van der Waals surface area contributed by atoms with Gasteiger partial charge in [0.05, 0.1) is 6.10 Å². The molecule has 0 saturated carbocycles. The molecule has 90 valence electrons. The number of rotatable bonds is 5. The number of hydrogen-bond donors (Lipinski definition) is 1. The van der Waals surface area contributed by atoms with Gasteiger partial charge in [-0.3, -0.25) is 0 Å². The van der Waals surface area contributed by atoms with Gasteiger partial charge >= 0.3 is 0 Å². The molecule has 0 bridgehead atoms. The van der Waals surface area contributed by atoms with E-state index in [1.165, 1.54) is 11.3 Å². The second-order valence-electron chi connectivity index (χ2n) is 4.18. The molecule has 2 rings (SSSR count). The minimum absolute atomic E-state index is 0.227. The van der Waals surface area contributed by atoms with Crippen molar-refractivity contribution in [1.29, 1.82) is 0 Å². The highest BCUT2D eigenvalue weighted by atomic mass is 32.1. The lowest BCUT2D eigenvalue weighted by Gasteiger charge is -2.10. The summed E-state index contributed by atoms with van der Waals surface area (Å²) in [7, 11) is 0. The molecule has 0 fully saturated rings. The van der Waals surface area contributed by atoms with Crippen LogP contribution in [0.25, 0.3) is 0 Å². The molecule has 1 aromatic heterocycles. The molecule has 0 aliphatic heterocycles. The number of thiophene rings is 1. The highest BCUT2D eigenvalue weighted by Gasteiger charge is 1.98. The van der Waals surface area contributed by atoms with Crippen molar-refractivity contribution in [2.45, 2.75) is 26.5 Å². The van der Waals surface area contributed by atoms with E-state index in [1.807, 2.05) is 26.0 Å². The van der Waals surface area contributed by atoms with E-state index in [9.17, 15) is 0 Å². The monoisotopic (exact) mass is 247 g/mol. The third-order valence-electron chi connectivity index (χ3n) is 2.31. The van der Waals surface area contributed by atoms with E-state index in [0.717, 1.165) is 12.3 Å². The highest BCUT2D eigenvalue weighted by Crippen LogP contribution is 2.16. The summed E-state index contributed by atoms with van der Waals surface area (Å²) in [5.74, 6) is 0.930. The summed E-state index contributed by atoms with van der Waals surface area (Å²) in [4.78, 5) is 0. The van der Waals surface area contributed by atoms with Gasteiger partial charge in [-0.1, -0.05) is 12.1 Å².